The lowest BCUT2D eigenvalue weighted by atomic mass is 9.95. The zero-order chi connectivity index (χ0) is 22.8. The van der Waals surface area contributed by atoms with E-state index in [4.69, 9.17) is 4.74 Å². The van der Waals surface area contributed by atoms with Gasteiger partial charge in [-0.2, -0.15) is 0 Å². The lowest BCUT2D eigenvalue weighted by molar-refractivity contribution is 0.0941. The van der Waals surface area contributed by atoms with E-state index in [1.165, 1.54) is 16.8 Å². The maximum Gasteiger partial charge on any atom is 0.257 e. The van der Waals surface area contributed by atoms with Crippen molar-refractivity contribution in [3.63, 3.8) is 0 Å². The van der Waals surface area contributed by atoms with Gasteiger partial charge in [0.2, 0.25) is 5.43 Å². The number of nitrogens with one attached hydrogen (secondary N) is 1. The minimum absolute atomic E-state index is 0.0251. The molecule has 1 amide bonds. The second kappa shape index (κ2) is 8.94. The molecule has 2 N–H and O–H groups in total. The molecule has 31 heavy (non-hydrogen) atoms. The number of aldehydes is 1. The number of halogens is 2. The standard InChI is InChI=1S/C21H23F2N3O5/c1-25(2)11-21(5-6-31-12-21)26-9-15(18(28)19(29)17(26)10-27)20(30)24-8-13-3-4-14(22)7-16(13)23/h3-4,7,9-10,29H,5-6,8,11-12H2,1-2H3,(H,24,30). The van der Waals surface area contributed by atoms with Crippen molar-refractivity contribution in [2.75, 3.05) is 33.9 Å². The second-order valence-electron chi connectivity index (χ2n) is 7.78. The van der Waals surface area contributed by atoms with Crippen molar-refractivity contribution in [2.24, 2.45) is 0 Å². The summed E-state index contributed by atoms with van der Waals surface area (Å²) in [4.78, 5) is 38.8. The summed E-state index contributed by atoms with van der Waals surface area (Å²) in [5, 5.41) is 12.8. The Morgan fingerprint density at radius 2 is 2.13 bits per heavy atom. The van der Waals surface area contributed by atoms with Gasteiger partial charge in [0, 0.05) is 37.5 Å². The van der Waals surface area contributed by atoms with Crippen molar-refractivity contribution in [2.45, 2.75) is 18.5 Å². The number of carbonyl (C=O) groups excluding carboxylic acids is 2. The van der Waals surface area contributed by atoms with Crippen molar-refractivity contribution in [3.05, 3.63) is 63.1 Å². The molecule has 1 aromatic heterocycles. The highest BCUT2D eigenvalue weighted by Crippen LogP contribution is 2.31. The smallest absolute Gasteiger partial charge is 0.257 e. The van der Waals surface area contributed by atoms with Crippen molar-refractivity contribution < 1.29 is 28.2 Å². The van der Waals surface area contributed by atoms with Gasteiger partial charge in [-0.15, -0.1) is 0 Å². The minimum Gasteiger partial charge on any atom is -0.503 e. The molecule has 1 aliphatic heterocycles. The molecule has 2 aromatic rings. The molecule has 1 aliphatic rings. The average Bonchev–Trinajstić information content (AvgIpc) is 3.17. The Bertz CT molecular complexity index is 1060. The molecule has 0 spiro atoms. The summed E-state index contributed by atoms with van der Waals surface area (Å²) >= 11 is 0. The van der Waals surface area contributed by atoms with E-state index in [1.54, 1.807) is 0 Å². The number of benzene rings is 1. The molecule has 0 bridgehead atoms. The summed E-state index contributed by atoms with van der Waals surface area (Å²) in [5.41, 5.74) is -2.43. The minimum atomic E-state index is -1.02. The zero-order valence-electron chi connectivity index (χ0n) is 17.2. The number of aromatic hydroxyl groups is 1. The highest BCUT2D eigenvalue weighted by atomic mass is 19.1. The van der Waals surface area contributed by atoms with Crippen LogP contribution in [0.4, 0.5) is 8.78 Å². The van der Waals surface area contributed by atoms with E-state index in [9.17, 15) is 28.3 Å². The molecular weight excluding hydrogens is 412 g/mol. The first kappa shape index (κ1) is 22.6. The Labute approximate surface area is 177 Å². The van der Waals surface area contributed by atoms with Gasteiger partial charge < -0.3 is 24.6 Å². The SMILES string of the molecule is CN(C)CC1(n2cc(C(=O)NCc3ccc(F)cc3F)c(=O)c(O)c2C=O)CCOC1. The normalized spacial score (nSPS) is 18.4. The van der Waals surface area contributed by atoms with E-state index in [0.717, 1.165) is 6.07 Å². The Morgan fingerprint density at radius 1 is 1.39 bits per heavy atom. The van der Waals surface area contributed by atoms with Gasteiger partial charge in [0.1, 0.15) is 22.9 Å². The topological polar surface area (TPSA) is 101 Å². The summed E-state index contributed by atoms with van der Waals surface area (Å²) in [6.07, 6.45) is 2.08. The molecule has 3 rings (SSSR count). The van der Waals surface area contributed by atoms with Crippen molar-refractivity contribution in [3.8, 4) is 5.75 Å². The first-order chi connectivity index (χ1) is 14.7. The number of hydrogen-bond acceptors (Lipinski definition) is 6. The quantitative estimate of drug-likeness (QED) is 0.635. The Morgan fingerprint density at radius 3 is 2.71 bits per heavy atom. The van der Waals surface area contributed by atoms with Crippen LogP contribution in [0.2, 0.25) is 0 Å². The lowest BCUT2D eigenvalue weighted by Gasteiger charge is -2.35. The summed E-state index contributed by atoms with van der Waals surface area (Å²) < 4.78 is 33.8. The fraction of sp³-hybridized carbons (Fsp3) is 0.381. The van der Waals surface area contributed by atoms with Gasteiger partial charge in [0.05, 0.1) is 12.1 Å². The van der Waals surface area contributed by atoms with Gasteiger partial charge in [-0.3, -0.25) is 14.4 Å². The number of carbonyl (C=O) groups is 2. The Hall–Kier alpha value is -3.11. The van der Waals surface area contributed by atoms with Gasteiger partial charge in [-0.25, -0.2) is 8.78 Å². The summed E-state index contributed by atoms with van der Waals surface area (Å²) in [6, 6.07) is 2.91. The number of hydrogen-bond donors (Lipinski definition) is 2. The Balaban J connectivity index is 2.00. The fourth-order valence-electron chi connectivity index (χ4n) is 3.79. The first-order valence-corrected chi connectivity index (χ1v) is 9.57. The molecular formula is C21H23F2N3O5. The van der Waals surface area contributed by atoms with Crippen LogP contribution in [-0.2, 0) is 16.8 Å². The van der Waals surface area contributed by atoms with Gasteiger partial charge in [-0.1, -0.05) is 6.07 Å². The van der Waals surface area contributed by atoms with Crippen LogP contribution < -0.4 is 10.7 Å². The van der Waals surface area contributed by atoms with Crippen molar-refractivity contribution in [1.29, 1.82) is 0 Å². The van der Waals surface area contributed by atoms with Gasteiger partial charge in [0.15, 0.2) is 12.0 Å². The summed E-state index contributed by atoms with van der Waals surface area (Å²) in [6.45, 7) is 0.755. The summed E-state index contributed by atoms with van der Waals surface area (Å²) in [5.74, 6) is -3.31. The number of amides is 1. The van der Waals surface area contributed by atoms with Crippen LogP contribution in [-0.4, -0.2) is 60.6 Å². The lowest BCUT2D eigenvalue weighted by Crippen LogP contribution is -2.46. The van der Waals surface area contributed by atoms with E-state index < -0.39 is 39.8 Å². The van der Waals surface area contributed by atoms with Gasteiger partial charge in [-0.05, 0) is 26.6 Å². The molecule has 1 atom stereocenters. The average molecular weight is 435 g/mol. The number of likely N-dealkylation sites (N-methyl/N-ethyl adjacent to an activating group) is 1. The number of aromatic nitrogens is 1. The van der Waals surface area contributed by atoms with Crippen LogP contribution in [0, 0.1) is 11.6 Å². The molecule has 10 heteroatoms. The predicted octanol–water partition coefficient (Wildman–Crippen LogP) is 1.25. The molecule has 0 radical (unpaired) electrons. The van der Waals surface area contributed by atoms with E-state index >= 15 is 0 Å². The maximum atomic E-state index is 13.8. The molecule has 1 fully saturated rings. The van der Waals surface area contributed by atoms with E-state index in [1.807, 2.05) is 19.0 Å². The van der Waals surface area contributed by atoms with Crippen molar-refractivity contribution in [1.82, 2.24) is 14.8 Å². The number of nitrogens with zero attached hydrogens (tertiary/aromatic N) is 2. The number of ether oxygens (including phenoxy) is 1. The number of rotatable bonds is 7. The predicted molar refractivity (Wildman–Crippen MR) is 107 cm³/mol. The van der Waals surface area contributed by atoms with Crippen LogP contribution in [0.5, 0.6) is 5.75 Å². The second-order valence-corrected chi connectivity index (χ2v) is 7.78. The summed E-state index contributed by atoms with van der Waals surface area (Å²) in [7, 11) is 3.65. The highest BCUT2D eigenvalue weighted by Gasteiger charge is 2.39. The highest BCUT2D eigenvalue weighted by molar-refractivity contribution is 5.95. The third-order valence-electron chi connectivity index (χ3n) is 5.23. The third-order valence-corrected chi connectivity index (χ3v) is 5.23. The van der Waals surface area contributed by atoms with E-state index in [0.29, 0.717) is 31.9 Å². The van der Waals surface area contributed by atoms with Gasteiger partial charge >= 0.3 is 0 Å². The molecule has 0 saturated carbocycles. The molecule has 8 nitrogen and oxygen atoms in total. The fourth-order valence-corrected chi connectivity index (χ4v) is 3.79. The van der Waals surface area contributed by atoms with Crippen LogP contribution in [0.15, 0.2) is 29.2 Å². The van der Waals surface area contributed by atoms with E-state index in [-0.39, 0.29) is 24.4 Å². The van der Waals surface area contributed by atoms with Crippen LogP contribution >= 0.6 is 0 Å². The first-order valence-electron chi connectivity index (χ1n) is 9.57. The Kier molecular flexibility index (Phi) is 6.51. The molecule has 1 saturated heterocycles. The maximum absolute atomic E-state index is 13.8. The van der Waals surface area contributed by atoms with Gasteiger partial charge in [0.25, 0.3) is 5.91 Å². The van der Waals surface area contributed by atoms with Crippen LogP contribution in [0.25, 0.3) is 0 Å². The zero-order valence-corrected chi connectivity index (χ0v) is 17.2. The van der Waals surface area contributed by atoms with Crippen LogP contribution in [0.3, 0.4) is 0 Å². The van der Waals surface area contributed by atoms with Crippen LogP contribution in [0.1, 0.15) is 32.8 Å². The molecule has 1 aromatic carbocycles. The molecule has 1 unspecified atom stereocenters. The van der Waals surface area contributed by atoms with Crippen molar-refractivity contribution >= 4 is 12.2 Å². The monoisotopic (exact) mass is 435 g/mol. The largest absolute Gasteiger partial charge is 0.503 e. The van der Waals surface area contributed by atoms with E-state index in [2.05, 4.69) is 5.32 Å². The number of pyridine rings is 1. The molecule has 166 valence electrons. The third kappa shape index (κ3) is 4.49. The molecule has 2 heterocycles. The molecule has 0 aliphatic carbocycles.